The van der Waals surface area contributed by atoms with Crippen LogP contribution in [0.1, 0.15) is 17.2 Å². The molecule has 0 saturated heterocycles. The van der Waals surface area contributed by atoms with Crippen molar-refractivity contribution in [3.8, 4) is 11.5 Å². The molecule has 5 heteroatoms. The maximum Gasteiger partial charge on any atom is 0.387 e. The number of para-hydroxylation sites is 1. The van der Waals surface area contributed by atoms with E-state index in [4.69, 9.17) is 10.5 Å². The van der Waals surface area contributed by atoms with Gasteiger partial charge in [-0.2, -0.15) is 8.78 Å². The van der Waals surface area contributed by atoms with Crippen LogP contribution in [0.4, 0.5) is 8.78 Å². The van der Waals surface area contributed by atoms with Crippen molar-refractivity contribution in [2.45, 2.75) is 19.6 Å². The van der Waals surface area contributed by atoms with E-state index in [9.17, 15) is 8.78 Å². The first-order valence-corrected chi connectivity index (χ1v) is 6.55. The van der Waals surface area contributed by atoms with Gasteiger partial charge in [0.15, 0.2) is 0 Å². The highest BCUT2D eigenvalue weighted by Crippen LogP contribution is 2.26. The van der Waals surface area contributed by atoms with Crippen LogP contribution in [0.3, 0.4) is 0 Å². The van der Waals surface area contributed by atoms with Gasteiger partial charge in [-0.3, -0.25) is 0 Å². The van der Waals surface area contributed by atoms with Crippen LogP contribution in [0.2, 0.25) is 0 Å². The van der Waals surface area contributed by atoms with Crippen molar-refractivity contribution < 1.29 is 18.3 Å². The first-order chi connectivity index (χ1) is 10.1. The summed E-state index contributed by atoms with van der Waals surface area (Å²) in [7, 11) is 0. The molecule has 0 saturated carbocycles. The molecular formula is C16H17F2NO2. The summed E-state index contributed by atoms with van der Waals surface area (Å²) in [4.78, 5) is 0. The van der Waals surface area contributed by atoms with Crippen molar-refractivity contribution in [1.29, 1.82) is 0 Å². The maximum atomic E-state index is 12.4. The Hall–Kier alpha value is -2.14. The first-order valence-electron chi connectivity index (χ1n) is 6.55. The second-order valence-electron chi connectivity index (χ2n) is 4.65. The van der Waals surface area contributed by atoms with Gasteiger partial charge in [0.25, 0.3) is 0 Å². The van der Waals surface area contributed by atoms with Gasteiger partial charge in [0.05, 0.1) is 6.04 Å². The number of hydrogen-bond donors (Lipinski definition) is 1. The molecule has 2 rings (SSSR count). The van der Waals surface area contributed by atoms with Crippen LogP contribution in [0, 0.1) is 6.92 Å². The van der Waals surface area contributed by atoms with Crippen LogP contribution >= 0.6 is 0 Å². The predicted molar refractivity (Wildman–Crippen MR) is 76.7 cm³/mol. The summed E-state index contributed by atoms with van der Waals surface area (Å²) < 4.78 is 34.8. The fourth-order valence-corrected chi connectivity index (χ4v) is 1.90. The summed E-state index contributed by atoms with van der Waals surface area (Å²) in [5, 5.41) is 0. The van der Waals surface area contributed by atoms with Crippen molar-refractivity contribution in [2.24, 2.45) is 5.73 Å². The number of rotatable bonds is 6. The molecule has 2 N–H and O–H groups in total. The van der Waals surface area contributed by atoms with E-state index in [1.54, 1.807) is 18.2 Å². The van der Waals surface area contributed by atoms with Gasteiger partial charge in [-0.1, -0.05) is 35.9 Å². The average Bonchev–Trinajstić information content (AvgIpc) is 2.46. The number of aryl methyl sites for hydroxylation is 1. The highest BCUT2D eigenvalue weighted by atomic mass is 19.3. The molecule has 0 aliphatic heterocycles. The topological polar surface area (TPSA) is 44.5 Å². The van der Waals surface area contributed by atoms with Crippen LogP contribution in [0.5, 0.6) is 11.5 Å². The SMILES string of the molecule is Cc1ccc(OCC(N)c2ccccc2OC(F)F)cc1. The molecule has 0 amide bonds. The van der Waals surface area contributed by atoms with Gasteiger partial charge in [-0.15, -0.1) is 0 Å². The number of halogens is 2. The maximum absolute atomic E-state index is 12.4. The lowest BCUT2D eigenvalue weighted by Gasteiger charge is -2.17. The molecule has 3 nitrogen and oxygen atoms in total. The second kappa shape index (κ2) is 7.04. The minimum absolute atomic E-state index is 0.0764. The first kappa shape index (κ1) is 15.3. The Morgan fingerprint density at radius 3 is 2.38 bits per heavy atom. The quantitative estimate of drug-likeness (QED) is 0.883. The van der Waals surface area contributed by atoms with Crippen LogP contribution in [-0.4, -0.2) is 13.2 Å². The molecule has 1 atom stereocenters. The fraction of sp³-hybridized carbons (Fsp3) is 0.250. The average molecular weight is 293 g/mol. The number of benzene rings is 2. The van der Waals surface area contributed by atoms with Crippen LogP contribution in [0.15, 0.2) is 48.5 Å². The zero-order chi connectivity index (χ0) is 15.2. The van der Waals surface area contributed by atoms with Gasteiger partial charge < -0.3 is 15.2 Å². The summed E-state index contributed by atoms with van der Waals surface area (Å²) in [6, 6.07) is 13.4. The molecule has 0 spiro atoms. The van der Waals surface area contributed by atoms with E-state index in [0.29, 0.717) is 11.3 Å². The van der Waals surface area contributed by atoms with Crippen LogP contribution < -0.4 is 15.2 Å². The smallest absolute Gasteiger partial charge is 0.387 e. The molecule has 0 radical (unpaired) electrons. The number of hydrogen-bond acceptors (Lipinski definition) is 3. The van der Waals surface area contributed by atoms with Crippen molar-refractivity contribution in [3.63, 3.8) is 0 Å². The summed E-state index contributed by atoms with van der Waals surface area (Å²) in [5.41, 5.74) is 7.62. The molecule has 0 aliphatic rings. The summed E-state index contributed by atoms with van der Waals surface area (Å²) in [6.45, 7) is -0.725. The molecule has 0 fully saturated rings. The van der Waals surface area contributed by atoms with Gasteiger partial charge in [-0.05, 0) is 25.1 Å². The Labute approximate surface area is 122 Å². The van der Waals surface area contributed by atoms with Crippen LogP contribution in [0.25, 0.3) is 0 Å². The van der Waals surface area contributed by atoms with E-state index in [1.165, 1.54) is 6.07 Å². The highest BCUT2D eigenvalue weighted by molar-refractivity contribution is 5.36. The molecule has 0 heterocycles. The van der Waals surface area contributed by atoms with Crippen LogP contribution in [-0.2, 0) is 0 Å². The lowest BCUT2D eigenvalue weighted by Crippen LogP contribution is -2.20. The van der Waals surface area contributed by atoms with E-state index >= 15 is 0 Å². The lowest BCUT2D eigenvalue weighted by atomic mass is 10.1. The van der Waals surface area contributed by atoms with E-state index in [0.717, 1.165) is 5.56 Å². The third-order valence-corrected chi connectivity index (χ3v) is 2.99. The van der Waals surface area contributed by atoms with E-state index in [-0.39, 0.29) is 12.4 Å². The van der Waals surface area contributed by atoms with Crippen molar-refractivity contribution in [2.75, 3.05) is 6.61 Å². The normalized spacial score (nSPS) is 12.2. The molecule has 21 heavy (non-hydrogen) atoms. The Balaban J connectivity index is 2.03. The Morgan fingerprint density at radius 1 is 1.05 bits per heavy atom. The summed E-state index contributed by atoms with van der Waals surface area (Å²) in [6.07, 6.45) is 0. The molecule has 1 unspecified atom stereocenters. The Bertz CT molecular complexity index is 573. The van der Waals surface area contributed by atoms with E-state index < -0.39 is 12.7 Å². The van der Waals surface area contributed by atoms with Gasteiger partial charge in [-0.25, -0.2) is 0 Å². The standard InChI is InChI=1S/C16H17F2NO2/c1-11-6-8-12(9-7-11)20-10-14(19)13-4-2-3-5-15(13)21-16(17)18/h2-9,14,16H,10,19H2,1H3. The lowest BCUT2D eigenvalue weighted by molar-refractivity contribution is -0.0507. The highest BCUT2D eigenvalue weighted by Gasteiger charge is 2.15. The van der Waals surface area contributed by atoms with E-state index in [1.807, 2.05) is 31.2 Å². The molecule has 0 bridgehead atoms. The number of ether oxygens (including phenoxy) is 2. The predicted octanol–water partition coefficient (Wildman–Crippen LogP) is 3.68. The zero-order valence-electron chi connectivity index (χ0n) is 11.6. The summed E-state index contributed by atoms with van der Waals surface area (Å²) >= 11 is 0. The van der Waals surface area contributed by atoms with Gasteiger partial charge in [0.2, 0.25) is 0 Å². The summed E-state index contributed by atoms with van der Waals surface area (Å²) in [5.74, 6) is 0.760. The fourth-order valence-electron chi connectivity index (χ4n) is 1.90. The third-order valence-electron chi connectivity index (χ3n) is 2.99. The minimum Gasteiger partial charge on any atom is -0.492 e. The Morgan fingerprint density at radius 2 is 1.71 bits per heavy atom. The van der Waals surface area contributed by atoms with Crippen molar-refractivity contribution >= 4 is 0 Å². The van der Waals surface area contributed by atoms with Crippen molar-refractivity contribution in [1.82, 2.24) is 0 Å². The monoisotopic (exact) mass is 293 g/mol. The largest absolute Gasteiger partial charge is 0.492 e. The molecular weight excluding hydrogens is 276 g/mol. The second-order valence-corrected chi connectivity index (χ2v) is 4.65. The minimum atomic E-state index is -2.88. The molecule has 2 aromatic carbocycles. The number of nitrogens with two attached hydrogens (primary N) is 1. The molecule has 0 aromatic heterocycles. The van der Waals surface area contributed by atoms with Gasteiger partial charge in [0, 0.05) is 5.56 Å². The molecule has 112 valence electrons. The molecule has 0 aliphatic carbocycles. The van der Waals surface area contributed by atoms with Gasteiger partial charge in [0.1, 0.15) is 18.1 Å². The number of alkyl halides is 2. The van der Waals surface area contributed by atoms with Gasteiger partial charge >= 0.3 is 6.61 Å². The molecule has 2 aromatic rings. The van der Waals surface area contributed by atoms with E-state index in [2.05, 4.69) is 4.74 Å². The Kier molecular flexibility index (Phi) is 5.11. The van der Waals surface area contributed by atoms with Crippen molar-refractivity contribution in [3.05, 3.63) is 59.7 Å². The third kappa shape index (κ3) is 4.43. The zero-order valence-corrected chi connectivity index (χ0v) is 11.6.